The number of anilines is 2. The van der Waals surface area contributed by atoms with Crippen LogP contribution in [-0.2, 0) is 33.0 Å². The van der Waals surface area contributed by atoms with Gasteiger partial charge >= 0.3 is 0 Å². The highest BCUT2D eigenvalue weighted by molar-refractivity contribution is 7.90. The molecular formula is C39H49N5O4S. The Labute approximate surface area is 293 Å². The van der Waals surface area contributed by atoms with Gasteiger partial charge in [0.1, 0.15) is 18.1 Å². The van der Waals surface area contributed by atoms with E-state index in [2.05, 4.69) is 78.6 Å². The lowest BCUT2D eigenvalue weighted by atomic mass is 10.00. The molecular weight excluding hydrogens is 635 g/mol. The number of hydrogen-bond donors (Lipinski definition) is 1. The van der Waals surface area contributed by atoms with E-state index < -0.39 is 11.2 Å². The molecule has 1 aliphatic rings. The van der Waals surface area contributed by atoms with Crippen LogP contribution in [0, 0.1) is 5.92 Å². The van der Waals surface area contributed by atoms with Crippen LogP contribution in [0.1, 0.15) is 64.6 Å². The zero-order chi connectivity index (χ0) is 34.6. The van der Waals surface area contributed by atoms with Crippen LogP contribution in [-0.4, -0.2) is 58.4 Å². The monoisotopic (exact) mass is 683 g/mol. The van der Waals surface area contributed by atoms with E-state index in [1.807, 2.05) is 24.4 Å². The maximum Gasteiger partial charge on any atom is 0.251 e. The van der Waals surface area contributed by atoms with Crippen molar-refractivity contribution in [2.75, 3.05) is 43.1 Å². The van der Waals surface area contributed by atoms with Gasteiger partial charge in [-0.05, 0) is 108 Å². The lowest BCUT2D eigenvalue weighted by Gasteiger charge is -2.27. The minimum Gasteiger partial charge on any atom is -0.611 e. The van der Waals surface area contributed by atoms with Gasteiger partial charge in [0.2, 0.25) is 0 Å². The molecule has 10 heteroatoms. The highest BCUT2D eigenvalue weighted by atomic mass is 32.2. The highest BCUT2D eigenvalue weighted by Gasteiger charge is 2.21. The molecule has 0 bridgehead atoms. The molecule has 1 atom stereocenters. The first kappa shape index (κ1) is 36.2. The van der Waals surface area contributed by atoms with Crippen LogP contribution in [0.2, 0.25) is 0 Å². The third-order valence-electron chi connectivity index (χ3n) is 8.25. The van der Waals surface area contributed by atoms with Crippen molar-refractivity contribution in [3.63, 3.8) is 0 Å². The first-order valence-electron chi connectivity index (χ1n) is 17.4. The second-order valence-electron chi connectivity index (χ2n) is 12.8. The van der Waals surface area contributed by atoms with E-state index in [9.17, 15) is 9.35 Å². The van der Waals surface area contributed by atoms with Gasteiger partial charge in [-0.15, -0.1) is 5.10 Å². The molecule has 0 spiro atoms. The SMILES string of the molecule is CCCCOCCOc1ccc(-c2ccc3c(c2)C=C(C(=O)Nc2ccc([S+]([O-])Cc4cn(CCC)nn4)cc2)CCN3CC(C)C)cc1. The molecule has 9 nitrogen and oxygen atoms in total. The molecule has 1 aliphatic heterocycles. The number of aryl methyl sites for hydroxylation is 1. The standard InChI is InChI=1S/C39H49N5O4S/c1-5-7-21-47-22-23-48-36-13-8-30(9-14-36)31-10-17-38-33(24-31)25-32(18-20-43(38)26-29(3)4)39(45)40-34-11-15-37(16-12-34)49(46)28-35-27-44(19-6-2)42-41-35/h8-17,24-25,27,29H,5-7,18-23,26,28H2,1-4H3,(H,40,45). The summed E-state index contributed by atoms with van der Waals surface area (Å²) in [6.07, 6.45) is 7.64. The van der Waals surface area contributed by atoms with Gasteiger partial charge in [0.15, 0.2) is 10.6 Å². The Morgan fingerprint density at radius 2 is 1.76 bits per heavy atom. The number of unbranched alkanes of at least 4 members (excludes halogenated alkanes) is 1. The van der Waals surface area contributed by atoms with Crippen LogP contribution in [0.5, 0.6) is 5.75 Å². The number of aromatic nitrogens is 3. The molecule has 1 unspecified atom stereocenters. The largest absolute Gasteiger partial charge is 0.611 e. The second-order valence-corrected chi connectivity index (χ2v) is 14.3. The third-order valence-corrected chi connectivity index (χ3v) is 9.60. The Morgan fingerprint density at radius 1 is 0.980 bits per heavy atom. The van der Waals surface area contributed by atoms with Gasteiger partial charge in [-0.2, -0.15) is 0 Å². The van der Waals surface area contributed by atoms with Crippen LogP contribution in [0.3, 0.4) is 0 Å². The van der Waals surface area contributed by atoms with Gasteiger partial charge in [-0.1, -0.05) is 57.5 Å². The van der Waals surface area contributed by atoms with E-state index >= 15 is 0 Å². The number of benzene rings is 3. The van der Waals surface area contributed by atoms with E-state index in [-0.39, 0.29) is 5.91 Å². The van der Waals surface area contributed by atoms with Crippen LogP contribution >= 0.6 is 0 Å². The minimum absolute atomic E-state index is 0.135. The Morgan fingerprint density at radius 3 is 2.49 bits per heavy atom. The predicted molar refractivity (Wildman–Crippen MR) is 198 cm³/mol. The first-order valence-corrected chi connectivity index (χ1v) is 18.7. The van der Waals surface area contributed by atoms with Crippen molar-refractivity contribution in [2.24, 2.45) is 5.92 Å². The maximum atomic E-state index is 13.6. The quantitative estimate of drug-likeness (QED) is 0.0897. The molecule has 5 rings (SSSR count). The van der Waals surface area contributed by atoms with Crippen molar-refractivity contribution < 1.29 is 18.8 Å². The summed E-state index contributed by atoms with van der Waals surface area (Å²) >= 11 is -1.27. The number of ether oxygens (including phenoxy) is 2. The van der Waals surface area contributed by atoms with Crippen LogP contribution < -0.4 is 15.0 Å². The summed E-state index contributed by atoms with van der Waals surface area (Å²) in [6.45, 7) is 13.0. The maximum absolute atomic E-state index is 13.6. The predicted octanol–water partition coefficient (Wildman–Crippen LogP) is 7.75. The number of amides is 1. The summed E-state index contributed by atoms with van der Waals surface area (Å²) in [5.41, 5.74) is 6.38. The smallest absolute Gasteiger partial charge is 0.251 e. The van der Waals surface area contributed by atoms with Gasteiger partial charge in [-0.25, -0.2) is 0 Å². The summed E-state index contributed by atoms with van der Waals surface area (Å²) in [5.74, 6) is 1.45. The number of rotatable bonds is 17. The average Bonchev–Trinajstić information content (AvgIpc) is 3.46. The fourth-order valence-electron chi connectivity index (χ4n) is 5.76. The number of carbonyl (C=O) groups excluding carboxylic acids is 1. The van der Waals surface area contributed by atoms with Gasteiger partial charge in [0.25, 0.3) is 5.91 Å². The van der Waals surface area contributed by atoms with E-state index in [1.54, 1.807) is 28.9 Å². The molecule has 0 radical (unpaired) electrons. The molecule has 0 saturated heterocycles. The lowest BCUT2D eigenvalue weighted by molar-refractivity contribution is -0.112. The molecule has 0 aliphatic carbocycles. The van der Waals surface area contributed by atoms with Crippen molar-refractivity contribution in [3.8, 4) is 16.9 Å². The second kappa shape index (κ2) is 18.0. The Bertz CT molecular complexity index is 1670. The van der Waals surface area contributed by atoms with E-state index in [0.29, 0.717) is 47.6 Å². The first-order chi connectivity index (χ1) is 23.8. The van der Waals surface area contributed by atoms with Crippen molar-refractivity contribution in [2.45, 2.75) is 70.6 Å². The van der Waals surface area contributed by atoms with Gasteiger partial charge < -0.3 is 24.2 Å². The van der Waals surface area contributed by atoms with Gasteiger partial charge in [-0.3, -0.25) is 9.48 Å². The van der Waals surface area contributed by atoms with Crippen molar-refractivity contribution in [1.82, 2.24) is 15.0 Å². The molecule has 4 aromatic rings. The summed E-state index contributed by atoms with van der Waals surface area (Å²) in [5, 5.41) is 11.3. The fraction of sp³-hybridized carbons (Fsp3) is 0.410. The molecule has 1 N–H and O–H groups in total. The topological polar surface area (TPSA) is 105 Å². The van der Waals surface area contributed by atoms with Gasteiger partial charge in [0, 0.05) is 43.2 Å². The van der Waals surface area contributed by atoms with E-state index in [1.165, 1.54) is 0 Å². The zero-order valence-corrected chi connectivity index (χ0v) is 30.0. The molecule has 260 valence electrons. The summed E-state index contributed by atoms with van der Waals surface area (Å²) in [4.78, 5) is 16.7. The lowest BCUT2D eigenvalue weighted by Crippen LogP contribution is -2.29. The van der Waals surface area contributed by atoms with Crippen LogP contribution in [0.25, 0.3) is 17.2 Å². The summed E-state index contributed by atoms with van der Waals surface area (Å²) in [6, 6.07) is 21.8. The molecule has 3 aromatic carbocycles. The Kier molecular flexibility index (Phi) is 13.3. The fourth-order valence-corrected chi connectivity index (χ4v) is 6.76. The number of hydrogen-bond acceptors (Lipinski definition) is 7. The zero-order valence-electron chi connectivity index (χ0n) is 29.2. The number of fused-ring (bicyclic) bond motifs is 1. The molecule has 0 saturated carbocycles. The Balaban J connectivity index is 1.26. The molecule has 1 aromatic heterocycles. The number of nitrogens with one attached hydrogen (secondary N) is 1. The van der Waals surface area contributed by atoms with Crippen LogP contribution in [0.15, 0.2) is 83.4 Å². The van der Waals surface area contributed by atoms with Crippen molar-refractivity contribution in [3.05, 3.63) is 89.8 Å². The minimum atomic E-state index is -1.27. The average molecular weight is 684 g/mol. The molecule has 1 amide bonds. The van der Waals surface area contributed by atoms with E-state index in [0.717, 1.165) is 79.2 Å². The summed E-state index contributed by atoms with van der Waals surface area (Å²) in [7, 11) is 0. The Hall–Kier alpha value is -4.12. The number of nitrogens with zero attached hydrogens (tertiary/aromatic N) is 4. The molecule has 0 fully saturated rings. The summed E-state index contributed by atoms with van der Waals surface area (Å²) < 4.78 is 26.2. The number of carbonyl (C=O) groups is 1. The highest BCUT2D eigenvalue weighted by Crippen LogP contribution is 2.34. The van der Waals surface area contributed by atoms with Crippen LogP contribution in [0.4, 0.5) is 11.4 Å². The van der Waals surface area contributed by atoms with Crippen molar-refractivity contribution >= 4 is 34.5 Å². The van der Waals surface area contributed by atoms with Crippen molar-refractivity contribution in [1.29, 1.82) is 0 Å². The molecule has 2 heterocycles. The van der Waals surface area contributed by atoms with Gasteiger partial charge in [0.05, 0.1) is 12.8 Å². The third kappa shape index (κ3) is 10.4. The van der Waals surface area contributed by atoms with E-state index in [4.69, 9.17) is 9.47 Å². The molecule has 49 heavy (non-hydrogen) atoms. The normalized spacial score (nSPS) is 13.5.